The molecule has 0 aliphatic heterocycles. The van der Waals surface area contributed by atoms with E-state index in [1.54, 1.807) is 16.8 Å². The Balaban J connectivity index is 1.97. The Morgan fingerprint density at radius 1 is 1.32 bits per heavy atom. The summed E-state index contributed by atoms with van der Waals surface area (Å²) < 4.78 is 15.6. The maximum absolute atomic E-state index is 14.0. The van der Waals surface area contributed by atoms with Crippen molar-refractivity contribution in [3.8, 4) is 6.07 Å². The Morgan fingerprint density at radius 3 is 2.77 bits per heavy atom. The third-order valence-corrected chi connectivity index (χ3v) is 4.59. The largest absolute Gasteiger partial charge is 0.243 e. The number of aromatic nitrogens is 3. The fraction of sp³-hybridized carbons (Fsp3) is 0.438. The minimum atomic E-state index is -0.365. The molecule has 0 spiro atoms. The predicted molar refractivity (Wildman–Crippen MR) is 81.1 cm³/mol. The monoisotopic (exact) mass is 318 g/mol. The Labute approximate surface area is 133 Å². The number of nitrogens with zero attached hydrogens (tertiary/aromatic N) is 4. The van der Waals surface area contributed by atoms with Crippen LogP contribution in [0.3, 0.4) is 0 Å². The third-order valence-electron chi connectivity index (χ3n) is 4.24. The van der Waals surface area contributed by atoms with E-state index in [1.165, 1.54) is 12.5 Å². The van der Waals surface area contributed by atoms with Gasteiger partial charge >= 0.3 is 0 Å². The summed E-state index contributed by atoms with van der Waals surface area (Å²) >= 11 is 6.09. The molecule has 3 rings (SSSR count). The number of nitriles is 1. The van der Waals surface area contributed by atoms with Crippen LogP contribution in [0, 0.1) is 17.1 Å². The molecule has 114 valence electrons. The fourth-order valence-electron chi connectivity index (χ4n) is 3.13. The van der Waals surface area contributed by atoms with Crippen LogP contribution < -0.4 is 0 Å². The van der Waals surface area contributed by atoms with E-state index >= 15 is 0 Å². The quantitative estimate of drug-likeness (QED) is 0.858. The standard InChI is InChI=1S/C16H16ClFN4/c17-13-7-4-8-14(18)12(13)10-22-16(15(9-19)20-21-22)11-5-2-1-3-6-11/h4,7-8,11H,1-3,5-6,10H2. The molecular weight excluding hydrogens is 303 g/mol. The van der Waals surface area contributed by atoms with E-state index in [9.17, 15) is 9.65 Å². The molecule has 1 aliphatic rings. The lowest BCUT2D eigenvalue weighted by atomic mass is 9.86. The summed E-state index contributed by atoms with van der Waals surface area (Å²) in [7, 11) is 0. The van der Waals surface area contributed by atoms with Crippen molar-refractivity contribution in [2.45, 2.75) is 44.6 Å². The highest BCUT2D eigenvalue weighted by atomic mass is 35.5. The molecule has 0 atom stereocenters. The smallest absolute Gasteiger partial charge is 0.186 e. The third kappa shape index (κ3) is 2.84. The van der Waals surface area contributed by atoms with Gasteiger partial charge in [0.05, 0.1) is 12.2 Å². The van der Waals surface area contributed by atoms with Crippen molar-refractivity contribution >= 4 is 11.6 Å². The Hall–Kier alpha value is -1.93. The highest BCUT2D eigenvalue weighted by Gasteiger charge is 2.25. The molecular formula is C16H16ClFN4. The second kappa shape index (κ2) is 6.45. The van der Waals surface area contributed by atoms with Crippen molar-refractivity contribution in [2.24, 2.45) is 0 Å². The molecule has 1 heterocycles. The van der Waals surface area contributed by atoms with Gasteiger partial charge < -0.3 is 0 Å². The minimum absolute atomic E-state index is 0.200. The molecule has 0 unspecified atom stereocenters. The molecule has 0 saturated heterocycles. The van der Waals surface area contributed by atoms with Gasteiger partial charge in [0.2, 0.25) is 0 Å². The van der Waals surface area contributed by atoms with Crippen molar-refractivity contribution in [2.75, 3.05) is 0 Å². The Morgan fingerprint density at radius 2 is 2.09 bits per heavy atom. The van der Waals surface area contributed by atoms with Crippen LogP contribution in [0.2, 0.25) is 5.02 Å². The molecule has 6 heteroatoms. The molecule has 22 heavy (non-hydrogen) atoms. The van der Waals surface area contributed by atoms with E-state index in [2.05, 4.69) is 16.4 Å². The highest BCUT2D eigenvalue weighted by molar-refractivity contribution is 6.31. The molecule has 0 radical (unpaired) electrons. The molecule has 4 nitrogen and oxygen atoms in total. The van der Waals surface area contributed by atoms with Gasteiger partial charge in [-0.2, -0.15) is 5.26 Å². The first-order chi connectivity index (χ1) is 10.7. The lowest BCUT2D eigenvalue weighted by Crippen LogP contribution is -2.15. The van der Waals surface area contributed by atoms with Crippen LogP contribution in [-0.2, 0) is 6.54 Å². The van der Waals surface area contributed by atoms with Crippen LogP contribution in [0.15, 0.2) is 18.2 Å². The van der Waals surface area contributed by atoms with Gasteiger partial charge in [-0.05, 0) is 25.0 Å². The van der Waals surface area contributed by atoms with Gasteiger partial charge in [0.25, 0.3) is 0 Å². The Kier molecular flexibility index (Phi) is 4.39. The Bertz CT molecular complexity index is 693. The van der Waals surface area contributed by atoms with Crippen LogP contribution in [0.5, 0.6) is 0 Å². The zero-order chi connectivity index (χ0) is 15.5. The highest BCUT2D eigenvalue weighted by Crippen LogP contribution is 2.34. The summed E-state index contributed by atoms with van der Waals surface area (Å²) in [6.07, 6.45) is 5.54. The molecule has 0 amide bonds. The minimum Gasteiger partial charge on any atom is -0.243 e. The van der Waals surface area contributed by atoms with Gasteiger partial charge in [0.1, 0.15) is 11.9 Å². The van der Waals surface area contributed by atoms with Crippen LogP contribution >= 0.6 is 11.6 Å². The summed E-state index contributed by atoms with van der Waals surface area (Å²) in [5.74, 6) is -0.0972. The van der Waals surface area contributed by atoms with Gasteiger partial charge in [-0.3, -0.25) is 0 Å². The first-order valence-electron chi connectivity index (χ1n) is 7.47. The molecule has 1 fully saturated rings. The number of benzene rings is 1. The topological polar surface area (TPSA) is 54.5 Å². The van der Waals surface area contributed by atoms with E-state index in [-0.39, 0.29) is 18.3 Å². The SMILES string of the molecule is N#Cc1nnn(Cc2c(F)cccc2Cl)c1C1CCCCC1. The average Bonchev–Trinajstić information content (AvgIpc) is 2.94. The summed E-state index contributed by atoms with van der Waals surface area (Å²) in [4.78, 5) is 0. The molecule has 1 aliphatic carbocycles. The van der Waals surface area contributed by atoms with Gasteiger partial charge in [0, 0.05) is 16.5 Å². The molecule has 1 aromatic carbocycles. The summed E-state index contributed by atoms with van der Waals surface area (Å²) in [6, 6.07) is 6.72. The van der Waals surface area contributed by atoms with Crippen molar-refractivity contribution in [1.82, 2.24) is 15.0 Å². The molecule has 0 N–H and O–H groups in total. The summed E-state index contributed by atoms with van der Waals surface area (Å²) in [5.41, 5.74) is 1.55. The zero-order valence-corrected chi connectivity index (χ0v) is 12.9. The molecule has 0 bridgehead atoms. The number of halogens is 2. The lowest BCUT2D eigenvalue weighted by Gasteiger charge is -2.22. The van der Waals surface area contributed by atoms with E-state index in [0.717, 1.165) is 31.4 Å². The summed E-state index contributed by atoms with van der Waals surface area (Å²) in [5, 5.41) is 17.6. The van der Waals surface area contributed by atoms with Gasteiger partial charge in [-0.15, -0.1) is 5.10 Å². The zero-order valence-electron chi connectivity index (χ0n) is 12.1. The van der Waals surface area contributed by atoms with Crippen molar-refractivity contribution in [3.63, 3.8) is 0 Å². The number of hydrogen-bond donors (Lipinski definition) is 0. The maximum Gasteiger partial charge on any atom is 0.186 e. The first kappa shape index (κ1) is 15.0. The molecule has 1 aromatic heterocycles. The van der Waals surface area contributed by atoms with Crippen LogP contribution in [0.25, 0.3) is 0 Å². The van der Waals surface area contributed by atoms with E-state index in [1.807, 2.05) is 0 Å². The first-order valence-corrected chi connectivity index (χ1v) is 7.85. The van der Waals surface area contributed by atoms with Crippen molar-refractivity contribution < 1.29 is 4.39 Å². The summed E-state index contributed by atoms with van der Waals surface area (Å²) in [6.45, 7) is 0.200. The molecule has 2 aromatic rings. The predicted octanol–water partition coefficient (Wildman–Crippen LogP) is 4.04. The number of rotatable bonds is 3. The van der Waals surface area contributed by atoms with Crippen LogP contribution in [0.1, 0.15) is 55.0 Å². The fourth-order valence-corrected chi connectivity index (χ4v) is 3.35. The van der Waals surface area contributed by atoms with Crippen molar-refractivity contribution in [3.05, 3.63) is 46.0 Å². The lowest BCUT2D eigenvalue weighted by molar-refractivity contribution is 0.417. The van der Waals surface area contributed by atoms with Crippen molar-refractivity contribution in [1.29, 1.82) is 5.26 Å². The average molecular weight is 319 g/mol. The number of hydrogen-bond acceptors (Lipinski definition) is 3. The van der Waals surface area contributed by atoms with Crippen LogP contribution in [-0.4, -0.2) is 15.0 Å². The second-order valence-corrected chi connectivity index (χ2v) is 6.04. The van der Waals surface area contributed by atoms with Gasteiger partial charge in [0.15, 0.2) is 5.69 Å². The normalized spacial score (nSPS) is 15.7. The van der Waals surface area contributed by atoms with Gasteiger partial charge in [-0.25, -0.2) is 9.07 Å². The van der Waals surface area contributed by atoms with E-state index in [0.29, 0.717) is 16.3 Å². The second-order valence-electron chi connectivity index (χ2n) is 5.63. The molecule has 1 saturated carbocycles. The van der Waals surface area contributed by atoms with E-state index < -0.39 is 0 Å². The van der Waals surface area contributed by atoms with Gasteiger partial charge in [-0.1, -0.05) is 42.1 Å². The van der Waals surface area contributed by atoms with Crippen LogP contribution in [0.4, 0.5) is 4.39 Å². The maximum atomic E-state index is 14.0. The van der Waals surface area contributed by atoms with E-state index in [4.69, 9.17) is 11.6 Å².